The molecule has 0 amide bonds. The van der Waals surface area contributed by atoms with Crippen molar-refractivity contribution in [3.63, 3.8) is 0 Å². The van der Waals surface area contributed by atoms with E-state index in [-0.39, 0.29) is 5.41 Å². The average Bonchev–Trinajstić information content (AvgIpc) is 2.86. The van der Waals surface area contributed by atoms with Crippen LogP contribution in [0.15, 0.2) is 18.2 Å². The zero-order valence-electron chi connectivity index (χ0n) is 13.1. The molecule has 6 heteroatoms. The van der Waals surface area contributed by atoms with E-state index in [1.54, 1.807) is 4.68 Å². The van der Waals surface area contributed by atoms with E-state index in [0.29, 0.717) is 23.9 Å². The number of nitrogens with zero attached hydrogens (tertiary/aromatic N) is 4. The monoisotopic (exact) mass is 289 g/mol. The normalized spacial score (nSPS) is 11.6. The third kappa shape index (κ3) is 3.32. The second-order valence-electron chi connectivity index (χ2n) is 5.83. The third-order valence-corrected chi connectivity index (χ3v) is 3.65. The molecular weight excluding hydrogens is 266 g/mol. The van der Waals surface area contributed by atoms with Crippen LogP contribution in [0, 0.1) is 5.41 Å². The number of tetrazole rings is 1. The molecule has 114 valence electrons. The Morgan fingerprint density at radius 2 is 2.05 bits per heavy atom. The molecule has 0 radical (unpaired) electrons. The van der Waals surface area contributed by atoms with E-state index >= 15 is 0 Å². The van der Waals surface area contributed by atoms with Gasteiger partial charge in [0, 0.05) is 5.69 Å². The molecule has 0 bridgehead atoms. The van der Waals surface area contributed by atoms with Gasteiger partial charge >= 0.3 is 0 Å². The number of hydrogen-bond acceptors (Lipinski definition) is 5. The third-order valence-electron chi connectivity index (χ3n) is 3.65. The minimum absolute atomic E-state index is 0.111. The van der Waals surface area contributed by atoms with Gasteiger partial charge in [-0.3, -0.25) is 0 Å². The van der Waals surface area contributed by atoms with E-state index in [4.69, 9.17) is 10.5 Å². The Kier molecular flexibility index (Phi) is 4.45. The van der Waals surface area contributed by atoms with Gasteiger partial charge in [-0.25, -0.2) is 4.68 Å². The fourth-order valence-corrected chi connectivity index (χ4v) is 2.07. The van der Waals surface area contributed by atoms with Gasteiger partial charge in [0.25, 0.3) is 0 Å². The summed E-state index contributed by atoms with van der Waals surface area (Å²) in [7, 11) is 0. The molecule has 0 aliphatic rings. The standard InChI is InChI=1S/C15H23N5O/c1-5-15(3,4)10-20-14(17-18-19-20)13-11(16)8-7-9-12(13)21-6-2/h7-9H,5-6,10,16H2,1-4H3. The summed E-state index contributed by atoms with van der Waals surface area (Å²) in [5.74, 6) is 1.36. The molecule has 6 nitrogen and oxygen atoms in total. The first-order valence-electron chi connectivity index (χ1n) is 7.26. The lowest BCUT2D eigenvalue weighted by molar-refractivity contribution is 0.278. The van der Waals surface area contributed by atoms with Crippen molar-refractivity contribution in [2.75, 3.05) is 12.3 Å². The molecular formula is C15H23N5O. The molecule has 1 aromatic heterocycles. The summed E-state index contributed by atoms with van der Waals surface area (Å²) in [6.45, 7) is 9.78. The topological polar surface area (TPSA) is 78.8 Å². The van der Waals surface area contributed by atoms with Gasteiger partial charge < -0.3 is 10.5 Å². The van der Waals surface area contributed by atoms with E-state index in [2.05, 4.69) is 36.3 Å². The van der Waals surface area contributed by atoms with Crippen molar-refractivity contribution < 1.29 is 4.74 Å². The predicted octanol–water partition coefficient (Wildman–Crippen LogP) is 2.76. The minimum atomic E-state index is 0.111. The molecule has 0 saturated carbocycles. The van der Waals surface area contributed by atoms with E-state index in [1.807, 2.05) is 25.1 Å². The fraction of sp³-hybridized carbons (Fsp3) is 0.533. The number of benzene rings is 1. The van der Waals surface area contributed by atoms with E-state index in [1.165, 1.54) is 0 Å². The fourth-order valence-electron chi connectivity index (χ4n) is 2.07. The van der Waals surface area contributed by atoms with Gasteiger partial charge in [0.15, 0.2) is 5.82 Å². The maximum atomic E-state index is 6.12. The molecule has 1 aromatic carbocycles. The first kappa shape index (κ1) is 15.3. The van der Waals surface area contributed by atoms with Crippen LogP contribution >= 0.6 is 0 Å². The Balaban J connectivity index is 2.46. The molecule has 2 N–H and O–H groups in total. The number of aromatic nitrogens is 4. The lowest BCUT2D eigenvalue weighted by Crippen LogP contribution is -2.20. The van der Waals surface area contributed by atoms with Crippen molar-refractivity contribution in [3.05, 3.63) is 18.2 Å². The molecule has 2 aromatic rings. The van der Waals surface area contributed by atoms with Gasteiger partial charge in [-0.2, -0.15) is 0 Å². The summed E-state index contributed by atoms with van der Waals surface area (Å²) in [5.41, 5.74) is 7.61. The smallest absolute Gasteiger partial charge is 0.187 e. The van der Waals surface area contributed by atoms with Crippen LogP contribution < -0.4 is 10.5 Å². The summed E-state index contributed by atoms with van der Waals surface area (Å²) in [6.07, 6.45) is 1.04. The highest BCUT2D eigenvalue weighted by Crippen LogP contribution is 2.34. The largest absolute Gasteiger partial charge is 0.493 e. The second-order valence-corrected chi connectivity index (χ2v) is 5.83. The molecule has 0 aliphatic heterocycles. The first-order chi connectivity index (χ1) is 9.98. The Labute approximate surface area is 125 Å². The van der Waals surface area contributed by atoms with E-state index in [9.17, 15) is 0 Å². The average molecular weight is 289 g/mol. The van der Waals surface area contributed by atoms with Gasteiger partial charge in [0.05, 0.1) is 18.7 Å². The summed E-state index contributed by atoms with van der Waals surface area (Å²) in [5, 5.41) is 12.1. The molecule has 1 heterocycles. The number of hydrogen-bond donors (Lipinski definition) is 1. The number of nitrogens with two attached hydrogens (primary N) is 1. The molecule has 2 rings (SSSR count). The maximum absolute atomic E-state index is 6.12. The van der Waals surface area contributed by atoms with E-state index in [0.717, 1.165) is 18.5 Å². The van der Waals surface area contributed by atoms with Crippen molar-refractivity contribution in [1.82, 2.24) is 20.2 Å². The highest BCUT2D eigenvalue weighted by molar-refractivity contribution is 5.77. The lowest BCUT2D eigenvalue weighted by atomic mass is 9.90. The minimum Gasteiger partial charge on any atom is -0.493 e. The van der Waals surface area contributed by atoms with Crippen LogP contribution in [0.5, 0.6) is 5.75 Å². The molecule has 0 fully saturated rings. The highest BCUT2D eigenvalue weighted by Gasteiger charge is 2.22. The molecule has 0 spiro atoms. The summed E-state index contributed by atoms with van der Waals surface area (Å²) >= 11 is 0. The number of rotatable bonds is 6. The van der Waals surface area contributed by atoms with Crippen LogP contribution in [-0.4, -0.2) is 26.8 Å². The van der Waals surface area contributed by atoms with Crippen LogP contribution in [0.1, 0.15) is 34.1 Å². The van der Waals surface area contributed by atoms with Gasteiger partial charge in [-0.05, 0) is 41.3 Å². The van der Waals surface area contributed by atoms with Gasteiger partial charge in [0.1, 0.15) is 5.75 Å². The van der Waals surface area contributed by atoms with Gasteiger partial charge in [0.2, 0.25) is 0 Å². The number of ether oxygens (including phenoxy) is 1. The summed E-state index contributed by atoms with van der Waals surface area (Å²) < 4.78 is 7.47. The lowest BCUT2D eigenvalue weighted by Gasteiger charge is -2.23. The van der Waals surface area contributed by atoms with Crippen molar-refractivity contribution in [1.29, 1.82) is 0 Å². The quantitative estimate of drug-likeness (QED) is 0.827. The van der Waals surface area contributed by atoms with Crippen LogP contribution in [0.3, 0.4) is 0 Å². The van der Waals surface area contributed by atoms with Crippen LogP contribution in [-0.2, 0) is 6.54 Å². The van der Waals surface area contributed by atoms with Crippen LogP contribution in [0.4, 0.5) is 5.69 Å². The Hall–Kier alpha value is -2.11. The van der Waals surface area contributed by atoms with Crippen molar-refractivity contribution >= 4 is 5.69 Å². The van der Waals surface area contributed by atoms with E-state index < -0.39 is 0 Å². The number of anilines is 1. The highest BCUT2D eigenvalue weighted by atomic mass is 16.5. The maximum Gasteiger partial charge on any atom is 0.187 e. The zero-order chi connectivity index (χ0) is 15.5. The molecule has 0 unspecified atom stereocenters. The Morgan fingerprint density at radius 1 is 1.29 bits per heavy atom. The Bertz CT molecular complexity index is 606. The summed E-state index contributed by atoms with van der Waals surface area (Å²) in [6, 6.07) is 5.59. The first-order valence-corrected chi connectivity index (χ1v) is 7.26. The van der Waals surface area contributed by atoms with Crippen LogP contribution in [0.25, 0.3) is 11.4 Å². The van der Waals surface area contributed by atoms with Crippen molar-refractivity contribution in [2.24, 2.45) is 5.41 Å². The molecule has 0 aliphatic carbocycles. The molecule has 0 saturated heterocycles. The van der Waals surface area contributed by atoms with Gasteiger partial charge in [-0.15, -0.1) is 5.10 Å². The van der Waals surface area contributed by atoms with Gasteiger partial charge in [-0.1, -0.05) is 26.8 Å². The van der Waals surface area contributed by atoms with Crippen LogP contribution in [0.2, 0.25) is 0 Å². The molecule has 0 atom stereocenters. The SMILES string of the molecule is CCOc1cccc(N)c1-c1nnnn1CC(C)(C)CC. The summed E-state index contributed by atoms with van der Waals surface area (Å²) in [4.78, 5) is 0. The zero-order valence-corrected chi connectivity index (χ0v) is 13.1. The second kappa shape index (κ2) is 6.11. The van der Waals surface area contributed by atoms with Crippen molar-refractivity contribution in [3.8, 4) is 17.1 Å². The molecule has 21 heavy (non-hydrogen) atoms. The number of nitrogen functional groups attached to an aromatic ring is 1. The Morgan fingerprint density at radius 3 is 2.71 bits per heavy atom. The van der Waals surface area contributed by atoms with Crippen molar-refractivity contribution in [2.45, 2.75) is 40.7 Å². The predicted molar refractivity (Wildman–Crippen MR) is 82.9 cm³/mol.